The van der Waals surface area contributed by atoms with Crippen molar-refractivity contribution >= 4 is 33.1 Å². The minimum Gasteiger partial charge on any atom is -0.506 e. The molecule has 0 aliphatic carbocycles. The average Bonchev–Trinajstić information content (AvgIpc) is 2.43. The third-order valence-electron chi connectivity index (χ3n) is 2.42. The maximum absolute atomic E-state index is 12.1. The minimum atomic E-state index is -4.05. The maximum Gasteiger partial charge on any atom is 0.363 e. The van der Waals surface area contributed by atoms with E-state index in [9.17, 15) is 23.6 Å². The third-order valence-corrected chi connectivity index (χ3v) is 4.01. The second kappa shape index (κ2) is 5.54. The second-order valence-electron chi connectivity index (χ2n) is 3.88. The monoisotopic (exact) mass is 329 g/mol. The smallest absolute Gasteiger partial charge is 0.363 e. The first-order valence-electron chi connectivity index (χ1n) is 5.41. The van der Waals surface area contributed by atoms with Gasteiger partial charge in [-0.15, -0.1) is 0 Å². The normalized spacial score (nSPS) is 11.1. The number of hydrogen-bond acceptors (Lipinski definition) is 6. The van der Waals surface area contributed by atoms with Crippen LogP contribution in [0.25, 0.3) is 0 Å². The van der Waals surface area contributed by atoms with E-state index >= 15 is 0 Å². The molecule has 1 aromatic heterocycles. The molecule has 0 saturated carbocycles. The van der Waals surface area contributed by atoms with Crippen molar-refractivity contribution in [2.75, 3.05) is 4.72 Å². The molecule has 0 unspecified atom stereocenters. The van der Waals surface area contributed by atoms with Crippen LogP contribution >= 0.6 is 11.6 Å². The van der Waals surface area contributed by atoms with E-state index in [2.05, 4.69) is 9.71 Å². The van der Waals surface area contributed by atoms with Crippen molar-refractivity contribution < 1.29 is 18.4 Å². The van der Waals surface area contributed by atoms with E-state index in [1.807, 2.05) is 0 Å². The summed E-state index contributed by atoms with van der Waals surface area (Å²) in [6.07, 6.45) is 0.849. The lowest BCUT2D eigenvalue weighted by atomic mass is 10.3. The Morgan fingerprint density at radius 2 is 2.00 bits per heavy atom. The lowest BCUT2D eigenvalue weighted by molar-refractivity contribution is -0.389. The molecule has 1 heterocycles. The van der Waals surface area contributed by atoms with Crippen LogP contribution in [0.1, 0.15) is 0 Å². The van der Waals surface area contributed by atoms with Gasteiger partial charge in [-0.25, -0.2) is 8.42 Å². The number of rotatable bonds is 4. The van der Waals surface area contributed by atoms with Crippen molar-refractivity contribution in [3.05, 3.63) is 51.7 Å². The van der Waals surface area contributed by atoms with Gasteiger partial charge in [-0.2, -0.15) is 0 Å². The van der Waals surface area contributed by atoms with Crippen molar-refractivity contribution in [3.63, 3.8) is 0 Å². The Balaban J connectivity index is 2.34. The molecule has 0 radical (unpaired) electrons. The van der Waals surface area contributed by atoms with Crippen molar-refractivity contribution in [2.45, 2.75) is 4.90 Å². The molecule has 21 heavy (non-hydrogen) atoms. The Bertz CT molecular complexity index is 792. The molecule has 2 N–H and O–H groups in total. The molecule has 0 atom stereocenters. The largest absolute Gasteiger partial charge is 0.506 e. The molecule has 2 aromatic rings. The number of benzene rings is 1. The van der Waals surface area contributed by atoms with Crippen molar-refractivity contribution in [1.82, 2.24) is 4.98 Å². The minimum absolute atomic E-state index is 0.110. The summed E-state index contributed by atoms with van der Waals surface area (Å²) in [7, 11) is -4.05. The first kappa shape index (κ1) is 15.0. The first-order chi connectivity index (χ1) is 9.79. The van der Waals surface area contributed by atoms with Crippen molar-refractivity contribution in [2.24, 2.45) is 0 Å². The van der Waals surface area contributed by atoms with Gasteiger partial charge >= 0.3 is 5.82 Å². The number of nitro groups is 1. The van der Waals surface area contributed by atoms with Crippen molar-refractivity contribution in [3.8, 4) is 5.75 Å². The van der Waals surface area contributed by atoms with Crippen LogP contribution in [-0.4, -0.2) is 23.4 Å². The molecule has 0 fully saturated rings. The summed E-state index contributed by atoms with van der Waals surface area (Å²) in [4.78, 5) is 12.9. The Morgan fingerprint density at radius 1 is 1.29 bits per heavy atom. The van der Waals surface area contributed by atoms with Crippen LogP contribution in [0.4, 0.5) is 11.5 Å². The number of aromatic hydroxyl groups is 1. The van der Waals surface area contributed by atoms with E-state index in [1.165, 1.54) is 18.2 Å². The van der Waals surface area contributed by atoms with Gasteiger partial charge in [0.1, 0.15) is 10.6 Å². The summed E-state index contributed by atoms with van der Waals surface area (Å²) in [5.41, 5.74) is -0.110. The highest BCUT2D eigenvalue weighted by Gasteiger charge is 2.19. The highest BCUT2D eigenvalue weighted by molar-refractivity contribution is 7.92. The van der Waals surface area contributed by atoms with Crippen LogP contribution in [-0.2, 0) is 10.0 Å². The molecular formula is C11H8ClN3O5S. The van der Waals surface area contributed by atoms with Gasteiger partial charge in [0.25, 0.3) is 10.0 Å². The molecule has 0 aliphatic heterocycles. The maximum atomic E-state index is 12.1. The lowest BCUT2D eigenvalue weighted by Crippen LogP contribution is -2.13. The summed E-state index contributed by atoms with van der Waals surface area (Å²) in [5.74, 6) is -0.780. The summed E-state index contributed by atoms with van der Waals surface area (Å²) < 4.78 is 26.3. The van der Waals surface area contributed by atoms with Crippen molar-refractivity contribution in [1.29, 1.82) is 0 Å². The molecule has 0 aliphatic rings. The summed E-state index contributed by atoms with van der Waals surface area (Å²) in [6.45, 7) is 0. The fourth-order valence-electron chi connectivity index (χ4n) is 1.43. The van der Waals surface area contributed by atoms with Gasteiger partial charge < -0.3 is 15.2 Å². The topological polar surface area (TPSA) is 122 Å². The summed E-state index contributed by atoms with van der Waals surface area (Å²) in [6, 6.07) is 5.85. The number of sulfonamides is 1. The number of pyridine rings is 1. The first-order valence-corrected chi connectivity index (χ1v) is 7.27. The number of nitrogens with zero attached hydrogens (tertiary/aromatic N) is 2. The lowest BCUT2D eigenvalue weighted by Gasteiger charge is -2.08. The van der Waals surface area contributed by atoms with Crippen LogP contribution in [0.2, 0.25) is 5.02 Å². The molecule has 0 spiro atoms. The zero-order valence-corrected chi connectivity index (χ0v) is 11.8. The Labute approximate surface area is 124 Å². The number of anilines is 1. The number of aromatic nitrogens is 1. The van der Waals surface area contributed by atoms with Crippen LogP contribution in [0.15, 0.2) is 41.4 Å². The fourth-order valence-corrected chi connectivity index (χ4v) is 2.61. The van der Waals surface area contributed by atoms with Crippen LogP contribution in [0.3, 0.4) is 0 Å². The number of phenolic OH excluding ortho intramolecular Hbond substituents is 1. The second-order valence-corrected chi connectivity index (χ2v) is 6.00. The number of hydrogen-bond donors (Lipinski definition) is 2. The Morgan fingerprint density at radius 3 is 2.57 bits per heavy atom. The number of halogens is 1. The summed E-state index contributed by atoms with van der Waals surface area (Å²) >= 11 is 5.71. The molecule has 1 aromatic carbocycles. The molecule has 0 bridgehead atoms. The molecule has 2 rings (SSSR count). The SMILES string of the molecule is O=[N+]([O-])c1ccc(S(=O)(=O)Nc2cc(Cl)ccc2O)cn1. The van der Waals surface area contributed by atoms with Gasteiger partial charge in [0.05, 0.1) is 5.69 Å². The zero-order chi connectivity index (χ0) is 15.6. The van der Waals surface area contributed by atoms with Gasteiger partial charge in [0, 0.05) is 11.1 Å². The molecule has 10 heteroatoms. The molecule has 0 saturated heterocycles. The molecule has 8 nitrogen and oxygen atoms in total. The average molecular weight is 330 g/mol. The molecular weight excluding hydrogens is 322 g/mol. The zero-order valence-electron chi connectivity index (χ0n) is 10.2. The summed E-state index contributed by atoms with van der Waals surface area (Å²) in [5, 5.41) is 20.3. The fraction of sp³-hybridized carbons (Fsp3) is 0. The van der Waals surface area contributed by atoms with Gasteiger partial charge in [-0.1, -0.05) is 11.6 Å². The van der Waals surface area contributed by atoms with Crippen LogP contribution in [0, 0.1) is 10.1 Å². The van der Waals surface area contributed by atoms with Gasteiger partial charge in [0.15, 0.2) is 6.20 Å². The van der Waals surface area contributed by atoms with E-state index < -0.39 is 20.8 Å². The van der Waals surface area contributed by atoms with E-state index in [0.717, 1.165) is 18.3 Å². The van der Waals surface area contributed by atoms with Gasteiger partial charge in [-0.05, 0) is 34.2 Å². The van der Waals surface area contributed by atoms with Gasteiger partial charge in [0.2, 0.25) is 0 Å². The molecule has 110 valence electrons. The highest BCUT2D eigenvalue weighted by Crippen LogP contribution is 2.28. The highest BCUT2D eigenvalue weighted by atomic mass is 35.5. The van der Waals surface area contributed by atoms with E-state index in [4.69, 9.17) is 11.6 Å². The van der Waals surface area contributed by atoms with Gasteiger partial charge in [-0.3, -0.25) is 4.72 Å². The standard InChI is InChI=1S/C11H8ClN3O5S/c12-7-1-3-10(16)9(5-7)14-21(19,20)8-2-4-11(13-6-8)15(17)18/h1-6,14,16H. The predicted molar refractivity (Wildman–Crippen MR) is 74.8 cm³/mol. The van der Waals surface area contributed by atoms with Crippen LogP contribution in [0.5, 0.6) is 5.75 Å². The Hall–Kier alpha value is -2.39. The molecule has 0 amide bonds. The quantitative estimate of drug-likeness (QED) is 0.503. The Kier molecular flexibility index (Phi) is 3.96. The number of nitrogens with one attached hydrogen (secondary N) is 1. The van der Waals surface area contributed by atoms with E-state index in [-0.39, 0.29) is 21.4 Å². The third kappa shape index (κ3) is 3.38. The van der Waals surface area contributed by atoms with E-state index in [1.54, 1.807) is 0 Å². The van der Waals surface area contributed by atoms with Crippen LogP contribution < -0.4 is 4.72 Å². The number of phenols is 1. The van der Waals surface area contributed by atoms with E-state index in [0.29, 0.717) is 0 Å². The predicted octanol–water partition coefficient (Wildman–Crippen LogP) is 2.15.